The molecule has 2 aliphatic rings. The summed E-state index contributed by atoms with van der Waals surface area (Å²) in [5, 5.41) is 5.02. The molecule has 2 aliphatic heterocycles. The van der Waals surface area contributed by atoms with Gasteiger partial charge in [-0.25, -0.2) is 0 Å². The second-order valence-electron chi connectivity index (χ2n) is 35.7. The highest BCUT2D eigenvalue weighted by Crippen LogP contribution is 2.55. The average molecular weight is 1410 g/mol. The number of hydrogen-bond donors (Lipinski definition) is 0. The summed E-state index contributed by atoms with van der Waals surface area (Å²) in [4.78, 5) is 10.5. The second-order valence-corrected chi connectivity index (χ2v) is 35.7. The summed E-state index contributed by atoms with van der Waals surface area (Å²) in [6.07, 6.45) is 4.11. The topological polar surface area (TPSA) is 29.2 Å². The number of pyridine rings is 1. The van der Waals surface area contributed by atoms with Crippen molar-refractivity contribution in [1.82, 2.24) is 14.1 Å². The van der Waals surface area contributed by atoms with E-state index in [9.17, 15) is 0 Å². The zero-order valence-electron chi connectivity index (χ0n) is 65.6. The Hall–Kier alpha value is -11.7. The molecule has 18 rings (SSSR count). The van der Waals surface area contributed by atoms with Gasteiger partial charge in [-0.2, -0.15) is 0 Å². The largest absolute Gasteiger partial charge is 0.310 e. The minimum atomic E-state index is -0.285. The van der Waals surface area contributed by atoms with Gasteiger partial charge in [-0.3, -0.25) is 4.98 Å². The number of rotatable bonds is 9. The maximum absolute atomic E-state index is 5.09. The summed E-state index contributed by atoms with van der Waals surface area (Å²) < 4.78 is 5.11. The predicted octanol–water partition coefficient (Wildman–Crippen LogP) is 26.2. The number of nitrogens with zero attached hydrogens (tertiary/aromatic N) is 5. The molecule has 0 radical (unpaired) electrons. The van der Waals surface area contributed by atoms with Crippen molar-refractivity contribution in [1.29, 1.82) is 0 Å². The summed E-state index contributed by atoms with van der Waals surface area (Å²) in [5.74, 6) is 0. The SMILES string of the molecule is CC(C)(C)c1ccc2c(c1)c1cc(C(C)(C)C)ccc1n2-c1ccc2c(c1)N(c1c(-c3ccccc3)cccc1-c1ccccc1)c1cc(-c3cnccc3C(C)(C)C)cc3c1B2c1ccc(-n2c4ccc(C(C)(C)C)cc4c4cc(C(C)(C)C)ccc42)cc1N3c1c(-c2ccccc2)cccc1-c1ccccc1. The second kappa shape index (κ2) is 25.5. The first-order valence-electron chi connectivity index (χ1n) is 38.9. The summed E-state index contributed by atoms with van der Waals surface area (Å²) in [6, 6.07) is 110. The predicted molar refractivity (Wildman–Crippen MR) is 468 cm³/mol. The minimum absolute atomic E-state index is 0.0666. The molecule has 0 amide bonds. The van der Waals surface area contributed by atoms with E-state index in [0.29, 0.717) is 0 Å². The molecule has 109 heavy (non-hydrogen) atoms. The first-order valence-corrected chi connectivity index (χ1v) is 38.9. The molecule has 13 aromatic carbocycles. The maximum atomic E-state index is 5.09. The Balaban J connectivity index is 1.03. The van der Waals surface area contributed by atoms with Gasteiger partial charge < -0.3 is 18.9 Å². The third-order valence-electron chi connectivity index (χ3n) is 23.3. The van der Waals surface area contributed by atoms with Crippen LogP contribution in [-0.2, 0) is 27.1 Å². The summed E-state index contributed by atoms with van der Waals surface area (Å²) in [7, 11) is 0. The molecule has 0 unspecified atom stereocenters. The quantitative estimate of drug-likeness (QED) is 0.135. The van der Waals surface area contributed by atoms with Gasteiger partial charge in [0.25, 0.3) is 6.71 Å². The van der Waals surface area contributed by atoms with Crippen LogP contribution in [0.4, 0.5) is 34.1 Å². The van der Waals surface area contributed by atoms with Gasteiger partial charge in [0.2, 0.25) is 0 Å². The lowest BCUT2D eigenvalue weighted by Crippen LogP contribution is -2.61. The highest BCUT2D eigenvalue weighted by Gasteiger charge is 2.46. The van der Waals surface area contributed by atoms with Crippen LogP contribution in [0.15, 0.2) is 298 Å². The van der Waals surface area contributed by atoms with Crippen LogP contribution in [0.25, 0.3) is 111 Å². The van der Waals surface area contributed by atoms with Crippen molar-refractivity contribution in [3.8, 4) is 67.0 Å². The van der Waals surface area contributed by atoms with E-state index in [1.807, 2.05) is 6.20 Å². The zero-order chi connectivity index (χ0) is 75.4. The van der Waals surface area contributed by atoms with Crippen molar-refractivity contribution in [2.75, 3.05) is 9.80 Å². The van der Waals surface area contributed by atoms with E-state index >= 15 is 0 Å². The van der Waals surface area contributed by atoms with Gasteiger partial charge in [-0.05, 0) is 190 Å². The molecule has 16 aromatic rings. The smallest absolute Gasteiger partial charge is 0.252 e. The van der Waals surface area contributed by atoms with E-state index in [0.717, 1.165) is 101 Å². The molecule has 5 nitrogen and oxygen atoms in total. The molecule has 0 bridgehead atoms. The molecule has 0 saturated carbocycles. The highest BCUT2D eigenvalue weighted by molar-refractivity contribution is 7.00. The van der Waals surface area contributed by atoms with E-state index in [-0.39, 0.29) is 33.8 Å². The Labute approximate surface area is 643 Å². The number of fused-ring (bicyclic) bond motifs is 10. The summed E-state index contributed by atoms with van der Waals surface area (Å²) in [5.41, 5.74) is 34.3. The lowest BCUT2D eigenvalue weighted by molar-refractivity contribution is 0.590. The van der Waals surface area contributed by atoms with Gasteiger partial charge in [0, 0.05) is 95.9 Å². The standard InChI is InChI=1S/C103H94BN5/c1-99(2,3)70-42-50-88-80(58-70)81-59-71(100(4,5)6)43-51-89(81)106(88)74-46-48-86-92(62-74)108(97-76(65-30-20-16-21-31-65)38-28-39-77(97)66-32-22-17-23-33-66)94-56-69(84-64-105-55-54-85(84)103(13,14)15)57-95-96(94)104(86)87-49-47-75(107-90-52-44-72(101(7,8)9)60-82(90)83-61-73(102(10,11)12)45-53-91(83)107)63-93(87)109(95)98-78(67-34-24-18-25-35-67)40-29-41-79(98)68-36-26-19-27-37-68/h16-64H,1-15H3. The van der Waals surface area contributed by atoms with Crippen molar-refractivity contribution in [3.05, 3.63) is 325 Å². The Morgan fingerprint density at radius 3 is 0.890 bits per heavy atom. The van der Waals surface area contributed by atoms with Gasteiger partial charge in [-0.15, -0.1) is 0 Å². The lowest BCUT2D eigenvalue weighted by atomic mass is 9.33. The van der Waals surface area contributed by atoms with Gasteiger partial charge in [-0.1, -0.05) is 298 Å². The van der Waals surface area contributed by atoms with Crippen molar-refractivity contribution in [3.63, 3.8) is 0 Å². The van der Waals surface area contributed by atoms with Crippen LogP contribution in [-0.4, -0.2) is 20.8 Å². The molecule has 3 aromatic heterocycles. The van der Waals surface area contributed by atoms with E-state index in [1.165, 1.54) is 87.8 Å². The van der Waals surface area contributed by atoms with Crippen molar-refractivity contribution < 1.29 is 0 Å². The summed E-state index contributed by atoms with van der Waals surface area (Å²) in [6.45, 7) is 34.7. The fraction of sp³-hybridized carbons (Fsp3) is 0.194. The molecule has 0 atom stereocenters. The fourth-order valence-corrected chi connectivity index (χ4v) is 17.6. The number of benzene rings is 13. The number of aromatic nitrogens is 3. The van der Waals surface area contributed by atoms with E-state index in [1.54, 1.807) is 0 Å². The molecule has 0 N–H and O–H groups in total. The van der Waals surface area contributed by atoms with Crippen LogP contribution in [0.3, 0.4) is 0 Å². The lowest BCUT2D eigenvalue weighted by Gasteiger charge is -2.46. The molecule has 0 spiro atoms. The van der Waals surface area contributed by atoms with E-state index in [4.69, 9.17) is 4.98 Å². The van der Waals surface area contributed by atoms with Crippen molar-refractivity contribution >= 4 is 101 Å². The van der Waals surface area contributed by atoms with Gasteiger partial charge in [0.15, 0.2) is 0 Å². The van der Waals surface area contributed by atoms with E-state index < -0.39 is 0 Å². The minimum Gasteiger partial charge on any atom is -0.310 e. The van der Waals surface area contributed by atoms with Crippen LogP contribution in [0, 0.1) is 0 Å². The molecular formula is C103H94BN5. The van der Waals surface area contributed by atoms with Gasteiger partial charge in [0.05, 0.1) is 33.4 Å². The number of para-hydroxylation sites is 2. The molecule has 5 heterocycles. The van der Waals surface area contributed by atoms with Crippen LogP contribution < -0.4 is 26.2 Å². The Kier molecular flexibility index (Phi) is 16.1. The van der Waals surface area contributed by atoms with Crippen LogP contribution >= 0.6 is 0 Å². The number of anilines is 6. The Bertz CT molecular complexity index is 5690. The van der Waals surface area contributed by atoms with Crippen LogP contribution in [0.5, 0.6) is 0 Å². The third-order valence-corrected chi connectivity index (χ3v) is 23.3. The van der Waals surface area contributed by atoms with Gasteiger partial charge >= 0.3 is 0 Å². The molecule has 0 saturated heterocycles. The highest BCUT2D eigenvalue weighted by atomic mass is 15.2. The maximum Gasteiger partial charge on any atom is 0.252 e. The third kappa shape index (κ3) is 11.6. The molecular weight excluding hydrogens is 1320 g/mol. The van der Waals surface area contributed by atoms with E-state index in [2.05, 4.69) is 414 Å². The Morgan fingerprint density at radius 1 is 0.266 bits per heavy atom. The monoisotopic (exact) mass is 1410 g/mol. The van der Waals surface area contributed by atoms with Crippen molar-refractivity contribution in [2.24, 2.45) is 0 Å². The van der Waals surface area contributed by atoms with Crippen molar-refractivity contribution in [2.45, 2.75) is 131 Å². The number of hydrogen-bond acceptors (Lipinski definition) is 3. The molecule has 534 valence electrons. The van der Waals surface area contributed by atoms with Crippen LogP contribution in [0.1, 0.15) is 132 Å². The molecule has 0 aliphatic carbocycles. The average Bonchev–Trinajstić information content (AvgIpc) is 1.08. The fourth-order valence-electron chi connectivity index (χ4n) is 17.6. The molecule has 0 fully saturated rings. The summed E-state index contributed by atoms with van der Waals surface area (Å²) >= 11 is 0. The van der Waals surface area contributed by atoms with Gasteiger partial charge in [0.1, 0.15) is 0 Å². The zero-order valence-corrected chi connectivity index (χ0v) is 65.6. The first kappa shape index (κ1) is 69.0. The van der Waals surface area contributed by atoms with Crippen LogP contribution in [0.2, 0.25) is 0 Å². The normalized spacial score (nSPS) is 13.2. The molecule has 6 heteroatoms. The first-order chi connectivity index (χ1) is 52.3. The Morgan fingerprint density at radius 2 is 0.587 bits per heavy atom.